The molecule has 23 heavy (non-hydrogen) atoms. The highest BCUT2D eigenvalue weighted by Gasteiger charge is 2.15. The Hall–Kier alpha value is -3.22. The fourth-order valence-electron chi connectivity index (χ4n) is 1.82. The first kappa shape index (κ1) is 16.2. The molecule has 0 amide bonds. The van der Waals surface area contributed by atoms with Crippen LogP contribution in [0.5, 0.6) is 5.75 Å². The van der Waals surface area contributed by atoms with E-state index in [4.69, 9.17) is 9.47 Å². The minimum Gasteiger partial charge on any atom is -0.457 e. The molecule has 0 aliphatic rings. The van der Waals surface area contributed by atoms with E-state index in [9.17, 15) is 19.7 Å². The summed E-state index contributed by atoms with van der Waals surface area (Å²) in [7, 11) is 0. The quantitative estimate of drug-likeness (QED) is 0.364. The van der Waals surface area contributed by atoms with Crippen molar-refractivity contribution in [2.24, 2.45) is 0 Å². The fourth-order valence-corrected chi connectivity index (χ4v) is 1.82. The average molecular weight is 315 g/mol. The summed E-state index contributed by atoms with van der Waals surface area (Å²) in [5.41, 5.74) is 0.693. The van der Waals surface area contributed by atoms with Gasteiger partial charge in [0.25, 0.3) is 5.69 Å². The van der Waals surface area contributed by atoms with Gasteiger partial charge in [0.1, 0.15) is 17.9 Å². The van der Waals surface area contributed by atoms with E-state index in [1.54, 1.807) is 12.1 Å². The van der Waals surface area contributed by atoms with Crippen molar-refractivity contribution < 1.29 is 24.0 Å². The Morgan fingerprint density at radius 3 is 2.35 bits per heavy atom. The second kappa shape index (κ2) is 7.17. The summed E-state index contributed by atoms with van der Waals surface area (Å²) in [6.07, 6.45) is 0. The Morgan fingerprint density at radius 1 is 1.09 bits per heavy atom. The number of benzene rings is 2. The summed E-state index contributed by atoms with van der Waals surface area (Å²) in [6, 6.07) is 11.9. The van der Waals surface area contributed by atoms with Gasteiger partial charge in [-0.1, -0.05) is 12.1 Å². The zero-order chi connectivity index (χ0) is 16.8. The van der Waals surface area contributed by atoms with Crippen molar-refractivity contribution in [1.82, 2.24) is 0 Å². The van der Waals surface area contributed by atoms with Gasteiger partial charge in [-0.05, 0) is 29.8 Å². The van der Waals surface area contributed by atoms with Crippen LogP contribution in [0.15, 0.2) is 48.5 Å². The highest BCUT2D eigenvalue weighted by molar-refractivity contribution is 5.93. The molecular weight excluding hydrogens is 302 g/mol. The van der Waals surface area contributed by atoms with E-state index in [0.717, 1.165) is 0 Å². The first-order valence-electron chi connectivity index (χ1n) is 6.65. The summed E-state index contributed by atoms with van der Waals surface area (Å²) >= 11 is 0. The lowest BCUT2D eigenvalue weighted by molar-refractivity contribution is -0.384. The van der Waals surface area contributed by atoms with Gasteiger partial charge >= 0.3 is 11.9 Å². The maximum Gasteiger partial charge on any atom is 0.342 e. The number of para-hydroxylation sites is 1. The molecular formula is C16H13NO6. The molecule has 2 aromatic rings. The van der Waals surface area contributed by atoms with Crippen LogP contribution >= 0.6 is 0 Å². The summed E-state index contributed by atoms with van der Waals surface area (Å²) in [5, 5.41) is 10.6. The first-order valence-corrected chi connectivity index (χ1v) is 6.65. The number of esters is 2. The molecule has 0 saturated heterocycles. The molecule has 0 saturated carbocycles. The van der Waals surface area contributed by atoms with Crippen LogP contribution in [-0.2, 0) is 16.1 Å². The molecule has 0 atom stereocenters. The van der Waals surface area contributed by atoms with Crippen LogP contribution in [0.2, 0.25) is 0 Å². The Labute approximate surface area is 131 Å². The van der Waals surface area contributed by atoms with Gasteiger partial charge in [0.05, 0.1) is 4.92 Å². The van der Waals surface area contributed by atoms with Crippen molar-refractivity contribution in [3.63, 3.8) is 0 Å². The second-order valence-corrected chi connectivity index (χ2v) is 4.59. The van der Waals surface area contributed by atoms with E-state index in [2.05, 4.69) is 0 Å². The molecule has 0 radical (unpaired) electrons. The summed E-state index contributed by atoms with van der Waals surface area (Å²) in [6.45, 7) is 1.18. The summed E-state index contributed by atoms with van der Waals surface area (Å²) < 4.78 is 10.1. The van der Waals surface area contributed by atoms with Gasteiger partial charge in [-0.15, -0.1) is 0 Å². The molecule has 0 fully saturated rings. The van der Waals surface area contributed by atoms with Crippen molar-refractivity contribution in [2.75, 3.05) is 0 Å². The van der Waals surface area contributed by atoms with Crippen molar-refractivity contribution in [3.8, 4) is 5.75 Å². The Balaban J connectivity index is 2.05. The molecule has 118 valence electrons. The van der Waals surface area contributed by atoms with E-state index in [0.29, 0.717) is 5.56 Å². The van der Waals surface area contributed by atoms with Crippen molar-refractivity contribution >= 4 is 17.6 Å². The minimum atomic E-state index is -0.653. The normalized spacial score (nSPS) is 9.96. The SMILES string of the molecule is CC(=O)Oc1ccccc1C(=O)OCc1ccc([N+](=O)[O-])cc1. The smallest absolute Gasteiger partial charge is 0.342 e. The zero-order valence-electron chi connectivity index (χ0n) is 12.2. The van der Waals surface area contributed by atoms with E-state index < -0.39 is 16.9 Å². The lowest BCUT2D eigenvalue weighted by atomic mass is 10.2. The van der Waals surface area contributed by atoms with Crippen LogP contribution in [0.4, 0.5) is 5.69 Å². The minimum absolute atomic E-state index is 0.0414. The third kappa shape index (κ3) is 4.37. The standard InChI is InChI=1S/C16H13NO6/c1-11(18)23-15-5-3-2-4-14(15)16(19)22-10-12-6-8-13(9-7-12)17(20)21/h2-9H,10H2,1H3. The van der Waals surface area contributed by atoms with Crippen LogP contribution in [0.1, 0.15) is 22.8 Å². The van der Waals surface area contributed by atoms with Gasteiger partial charge in [0.2, 0.25) is 0 Å². The maximum absolute atomic E-state index is 12.1. The summed E-state index contributed by atoms with van der Waals surface area (Å²) in [5.74, 6) is -1.07. The Kier molecular flexibility index (Phi) is 5.03. The van der Waals surface area contributed by atoms with Crippen molar-refractivity contribution in [3.05, 3.63) is 69.8 Å². The molecule has 7 nitrogen and oxygen atoms in total. The highest BCUT2D eigenvalue weighted by atomic mass is 16.6. The maximum atomic E-state index is 12.1. The lowest BCUT2D eigenvalue weighted by Gasteiger charge is -2.09. The first-order chi connectivity index (χ1) is 11.0. The van der Waals surface area contributed by atoms with Crippen LogP contribution in [0.25, 0.3) is 0 Å². The topological polar surface area (TPSA) is 95.7 Å². The number of hydrogen-bond donors (Lipinski definition) is 0. The second-order valence-electron chi connectivity index (χ2n) is 4.59. The van der Waals surface area contributed by atoms with Gasteiger partial charge in [0, 0.05) is 19.1 Å². The lowest BCUT2D eigenvalue weighted by Crippen LogP contribution is -2.10. The Bertz CT molecular complexity index is 738. The average Bonchev–Trinajstić information content (AvgIpc) is 2.53. The van der Waals surface area contributed by atoms with Crippen LogP contribution in [-0.4, -0.2) is 16.9 Å². The van der Waals surface area contributed by atoms with Crippen molar-refractivity contribution in [2.45, 2.75) is 13.5 Å². The van der Waals surface area contributed by atoms with Gasteiger partial charge in [0.15, 0.2) is 0 Å². The summed E-state index contributed by atoms with van der Waals surface area (Å²) in [4.78, 5) is 33.2. The van der Waals surface area contributed by atoms with Gasteiger partial charge in [-0.25, -0.2) is 4.79 Å². The van der Waals surface area contributed by atoms with Crippen LogP contribution in [0.3, 0.4) is 0 Å². The number of carbonyl (C=O) groups is 2. The predicted molar refractivity (Wildman–Crippen MR) is 80.0 cm³/mol. The predicted octanol–water partition coefficient (Wildman–Crippen LogP) is 2.88. The number of nitrogens with zero attached hydrogens (tertiary/aromatic N) is 1. The highest BCUT2D eigenvalue weighted by Crippen LogP contribution is 2.20. The van der Waals surface area contributed by atoms with E-state index in [-0.39, 0.29) is 23.6 Å². The molecule has 0 aromatic heterocycles. The molecule has 0 spiro atoms. The number of hydrogen-bond acceptors (Lipinski definition) is 6. The number of carbonyl (C=O) groups excluding carboxylic acids is 2. The van der Waals surface area contributed by atoms with Crippen LogP contribution < -0.4 is 4.74 Å². The molecule has 7 heteroatoms. The monoisotopic (exact) mass is 315 g/mol. The molecule has 0 aliphatic carbocycles. The third-order valence-electron chi connectivity index (χ3n) is 2.88. The molecule has 0 unspecified atom stereocenters. The largest absolute Gasteiger partial charge is 0.457 e. The molecule has 2 aromatic carbocycles. The molecule has 0 N–H and O–H groups in total. The van der Waals surface area contributed by atoms with E-state index in [1.165, 1.54) is 43.3 Å². The van der Waals surface area contributed by atoms with Gasteiger partial charge in [-0.2, -0.15) is 0 Å². The molecule has 0 bridgehead atoms. The number of ether oxygens (including phenoxy) is 2. The van der Waals surface area contributed by atoms with Gasteiger partial charge in [-0.3, -0.25) is 14.9 Å². The number of nitro benzene ring substituents is 1. The van der Waals surface area contributed by atoms with Crippen molar-refractivity contribution in [1.29, 1.82) is 0 Å². The molecule has 0 heterocycles. The fraction of sp³-hybridized carbons (Fsp3) is 0.125. The molecule has 2 rings (SSSR count). The van der Waals surface area contributed by atoms with E-state index >= 15 is 0 Å². The molecule has 0 aliphatic heterocycles. The number of rotatable bonds is 5. The Morgan fingerprint density at radius 2 is 1.74 bits per heavy atom. The van der Waals surface area contributed by atoms with Gasteiger partial charge < -0.3 is 9.47 Å². The zero-order valence-corrected chi connectivity index (χ0v) is 12.2. The number of non-ortho nitro benzene ring substituents is 1. The van der Waals surface area contributed by atoms with Crippen LogP contribution in [0, 0.1) is 10.1 Å². The van der Waals surface area contributed by atoms with E-state index in [1.807, 2.05) is 0 Å². The third-order valence-corrected chi connectivity index (χ3v) is 2.88. The number of nitro groups is 1.